The number of thioether (sulfide) groups is 1. The van der Waals surface area contributed by atoms with E-state index >= 15 is 0 Å². The summed E-state index contributed by atoms with van der Waals surface area (Å²) in [5, 5.41) is 4.62. The molecule has 4 rings (SSSR count). The molecule has 0 saturated carbocycles. The Bertz CT molecular complexity index is 1140. The van der Waals surface area contributed by atoms with E-state index in [9.17, 15) is 9.18 Å². The van der Waals surface area contributed by atoms with Crippen LogP contribution in [-0.2, 0) is 11.3 Å². The molecule has 0 unspecified atom stereocenters. The Morgan fingerprint density at radius 3 is 2.48 bits per heavy atom. The molecule has 0 aliphatic carbocycles. The van der Waals surface area contributed by atoms with Crippen LogP contribution in [0.4, 0.5) is 10.1 Å². The molecule has 1 amide bonds. The van der Waals surface area contributed by atoms with E-state index in [4.69, 9.17) is 11.6 Å². The fraction of sp³-hybridized carbons (Fsp3) is 0.0870. The Balaban J connectivity index is 1.49. The monoisotopic (exact) mass is 424 g/mol. The third-order valence-corrected chi connectivity index (χ3v) is 5.80. The van der Waals surface area contributed by atoms with E-state index in [0.717, 1.165) is 32.9 Å². The summed E-state index contributed by atoms with van der Waals surface area (Å²) in [6.45, 7) is 0.722. The highest BCUT2D eigenvalue weighted by atomic mass is 35.5. The van der Waals surface area contributed by atoms with E-state index in [-0.39, 0.29) is 17.5 Å². The maximum Gasteiger partial charge on any atom is 0.234 e. The quantitative estimate of drug-likeness (QED) is 0.373. The van der Waals surface area contributed by atoms with Crippen LogP contribution in [0.5, 0.6) is 0 Å². The zero-order valence-electron chi connectivity index (χ0n) is 15.4. The lowest BCUT2D eigenvalue weighted by Crippen LogP contribution is -2.13. The molecule has 29 heavy (non-hydrogen) atoms. The summed E-state index contributed by atoms with van der Waals surface area (Å²) >= 11 is 7.47. The van der Waals surface area contributed by atoms with Crippen LogP contribution in [0.15, 0.2) is 83.9 Å². The Hall–Kier alpha value is -2.76. The number of aromatic nitrogens is 1. The summed E-state index contributed by atoms with van der Waals surface area (Å²) in [5.41, 5.74) is 2.85. The van der Waals surface area contributed by atoms with Crippen LogP contribution in [0.25, 0.3) is 10.9 Å². The zero-order valence-corrected chi connectivity index (χ0v) is 17.0. The number of carbonyl (C=O) groups excluding carboxylic acids is 1. The number of amides is 1. The zero-order chi connectivity index (χ0) is 20.2. The number of rotatable bonds is 6. The molecule has 0 radical (unpaired) electrons. The van der Waals surface area contributed by atoms with Crippen LogP contribution in [0.1, 0.15) is 5.56 Å². The minimum atomic E-state index is -0.328. The molecule has 0 spiro atoms. The third kappa shape index (κ3) is 4.81. The van der Waals surface area contributed by atoms with Gasteiger partial charge in [0.15, 0.2) is 0 Å². The molecule has 4 aromatic rings. The number of halogens is 2. The van der Waals surface area contributed by atoms with Gasteiger partial charge in [-0.3, -0.25) is 4.79 Å². The Kier molecular flexibility index (Phi) is 5.88. The molecule has 3 aromatic carbocycles. The van der Waals surface area contributed by atoms with Crippen molar-refractivity contribution in [3.8, 4) is 0 Å². The van der Waals surface area contributed by atoms with Gasteiger partial charge in [0.1, 0.15) is 5.82 Å². The molecular weight excluding hydrogens is 407 g/mol. The van der Waals surface area contributed by atoms with E-state index in [1.165, 1.54) is 23.9 Å². The van der Waals surface area contributed by atoms with Gasteiger partial charge in [-0.2, -0.15) is 0 Å². The fourth-order valence-electron chi connectivity index (χ4n) is 3.12. The molecule has 1 aromatic heterocycles. The van der Waals surface area contributed by atoms with Crippen LogP contribution in [0.3, 0.4) is 0 Å². The Morgan fingerprint density at radius 2 is 1.72 bits per heavy atom. The molecule has 6 heteroatoms. The first-order valence-electron chi connectivity index (χ1n) is 9.09. The topological polar surface area (TPSA) is 34.0 Å². The van der Waals surface area contributed by atoms with Crippen LogP contribution >= 0.6 is 23.4 Å². The first kappa shape index (κ1) is 19.6. The summed E-state index contributed by atoms with van der Waals surface area (Å²) < 4.78 is 15.2. The van der Waals surface area contributed by atoms with Gasteiger partial charge in [-0.15, -0.1) is 11.8 Å². The summed E-state index contributed by atoms with van der Waals surface area (Å²) in [4.78, 5) is 13.3. The van der Waals surface area contributed by atoms with Gasteiger partial charge >= 0.3 is 0 Å². The molecular formula is C23H18ClFN2OS. The highest BCUT2D eigenvalue weighted by molar-refractivity contribution is 8.00. The normalized spacial score (nSPS) is 11.0. The lowest BCUT2D eigenvalue weighted by Gasteiger charge is -2.05. The second-order valence-corrected chi connectivity index (χ2v) is 8.06. The van der Waals surface area contributed by atoms with Crippen molar-refractivity contribution in [3.63, 3.8) is 0 Å². The lowest BCUT2D eigenvalue weighted by atomic mass is 10.2. The molecule has 1 N–H and O–H groups in total. The number of nitrogens with one attached hydrogen (secondary N) is 1. The van der Waals surface area contributed by atoms with E-state index in [0.29, 0.717) is 5.69 Å². The van der Waals surface area contributed by atoms with Crippen LogP contribution in [0.2, 0.25) is 5.02 Å². The number of hydrogen-bond donors (Lipinski definition) is 1. The van der Waals surface area contributed by atoms with Gasteiger partial charge in [-0.25, -0.2) is 4.39 Å². The van der Waals surface area contributed by atoms with Crippen molar-refractivity contribution in [3.05, 3.63) is 95.4 Å². The number of nitrogens with zero attached hydrogens (tertiary/aromatic N) is 1. The minimum absolute atomic E-state index is 0.129. The highest BCUT2D eigenvalue weighted by Gasteiger charge is 2.11. The van der Waals surface area contributed by atoms with Crippen LogP contribution < -0.4 is 5.32 Å². The summed E-state index contributed by atoms with van der Waals surface area (Å²) in [6, 6.07) is 21.7. The molecule has 0 saturated heterocycles. The van der Waals surface area contributed by atoms with Crippen molar-refractivity contribution >= 4 is 45.9 Å². The Morgan fingerprint density at radius 1 is 1.00 bits per heavy atom. The van der Waals surface area contributed by atoms with E-state index < -0.39 is 0 Å². The SMILES string of the molecule is O=C(CSc1cn(Cc2ccc(Cl)cc2)c2ccccc12)Nc1ccc(F)cc1. The van der Waals surface area contributed by atoms with Crippen molar-refractivity contribution < 1.29 is 9.18 Å². The molecule has 0 bridgehead atoms. The van der Waals surface area contributed by atoms with Crippen molar-refractivity contribution in [1.29, 1.82) is 0 Å². The van der Waals surface area contributed by atoms with Crippen LogP contribution in [0, 0.1) is 5.82 Å². The predicted octanol–water partition coefficient (Wildman–Crippen LogP) is 6.21. The van der Waals surface area contributed by atoms with Gasteiger partial charge in [-0.05, 0) is 48.0 Å². The second-order valence-electron chi connectivity index (χ2n) is 6.61. The molecule has 0 aliphatic rings. The third-order valence-electron chi connectivity index (χ3n) is 4.50. The summed E-state index contributed by atoms with van der Waals surface area (Å²) in [7, 11) is 0. The van der Waals surface area contributed by atoms with E-state index in [1.807, 2.05) is 36.4 Å². The van der Waals surface area contributed by atoms with Gasteiger partial charge in [0.25, 0.3) is 0 Å². The smallest absolute Gasteiger partial charge is 0.234 e. The maximum absolute atomic E-state index is 13.0. The summed E-state index contributed by atoms with van der Waals surface area (Å²) in [6.07, 6.45) is 2.08. The lowest BCUT2D eigenvalue weighted by molar-refractivity contribution is -0.113. The van der Waals surface area contributed by atoms with Gasteiger partial charge < -0.3 is 9.88 Å². The van der Waals surface area contributed by atoms with E-state index in [1.54, 1.807) is 12.1 Å². The number of benzene rings is 3. The van der Waals surface area contributed by atoms with Gasteiger partial charge in [0, 0.05) is 39.3 Å². The number of anilines is 1. The van der Waals surface area contributed by atoms with Crippen LogP contribution in [-0.4, -0.2) is 16.2 Å². The van der Waals surface area contributed by atoms with Gasteiger partial charge in [0.2, 0.25) is 5.91 Å². The fourth-order valence-corrected chi connectivity index (χ4v) is 4.13. The molecule has 0 fully saturated rings. The van der Waals surface area contributed by atoms with E-state index in [2.05, 4.69) is 28.2 Å². The average molecular weight is 425 g/mol. The molecule has 0 atom stereocenters. The predicted molar refractivity (Wildman–Crippen MR) is 118 cm³/mol. The number of fused-ring (bicyclic) bond motifs is 1. The largest absolute Gasteiger partial charge is 0.342 e. The van der Waals surface area contributed by atoms with Crippen molar-refractivity contribution in [2.75, 3.05) is 11.1 Å². The first-order valence-corrected chi connectivity index (χ1v) is 10.5. The average Bonchev–Trinajstić information content (AvgIpc) is 3.08. The molecule has 1 heterocycles. The molecule has 0 aliphatic heterocycles. The molecule has 146 valence electrons. The van der Waals surface area contributed by atoms with Gasteiger partial charge in [0.05, 0.1) is 5.75 Å². The number of hydrogen-bond acceptors (Lipinski definition) is 2. The Labute approximate surface area is 177 Å². The standard InChI is InChI=1S/C23H18ClFN2OS/c24-17-7-5-16(6-8-17)13-27-14-22(20-3-1-2-4-21(20)27)29-15-23(28)26-19-11-9-18(25)10-12-19/h1-12,14H,13,15H2,(H,26,28). The number of para-hydroxylation sites is 1. The van der Waals surface area contributed by atoms with Gasteiger partial charge in [-0.1, -0.05) is 41.9 Å². The minimum Gasteiger partial charge on any atom is -0.342 e. The highest BCUT2D eigenvalue weighted by Crippen LogP contribution is 2.30. The van der Waals surface area contributed by atoms with Crippen molar-refractivity contribution in [1.82, 2.24) is 4.57 Å². The maximum atomic E-state index is 13.0. The van der Waals surface area contributed by atoms with Crippen molar-refractivity contribution in [2.45, 2.75) is 11.4 Å². The second kappa shape index (κ2) is 8.72. The van der Waals surface area contributed by atoms with Crippen molar-refractivity contribution in [2.24, 2.45) is 0 Å². The number of carbonyl (C=O) groups is 1. The molecule has 3 nitrogen and oxygen atoms in total. The first-order chi connectivity index (χ1) is 14.1. The summed E-state index contributed by atoms with van der Waals surface area (Å²) in [5.74, 6) is -0.186.